The minimum Gasteiger partial charge on any atom is -0.462 e. The molecule has 0 amide bonds. The highest BCUT2D eigenvalue weighted by Gasteiger charge is 2.19. The second-order valence-corrected chi connectivity index (χ2v) is 17.4. The van der Waals surface area contributed by atoms with E-state index < -0.39 is 6.10 Å². The summed E-state index contributed by atoms with van der Waals surface area (Å²) in [6.45, 7) is 6.58. The van der Waals surface area contributed by atoms with Gasteiger partial charge in [-0.15, -0.1) is 0 Å². The summed E-state index contributed by atoms with van der Waals surface area (Å²) in [6, 6.07) is 0. The molecule has 0 spiro atoms. The molecule has 0 aromatic heterocycles. The van der Waals surface area contributed by atoms with Crippen LogP contribution in [0, 0.1) is 0 Å². The number of hydrogen-bond donors (Lipinski definition) is 0. The van der Waals surface area contributed by atoms with Gasteiger partial charge in [-0.05, 0) is 57.8 Å². The van der Waals surface area contributed by atoms with Gasteiger partial charge in [0.2, 0.25) is 0 Å². The van der Waals surface area contributed by atoms with Crippen molar-refractivity contribution < 1.29 is 28.6 Å². The quantitative estimate of drug-likeness (QED) is 0.0263. The van der Waals surface area contributed by atoms with Crippen molar-refractivity contribution in [2.24, 2.45) is 0 Å². The third-order valence-electron chi connectivity index (χ3n) is 11.3. The van der Waals surface area contributed by atoms with Crippen molar-refractivity contribution in [2.75, 3.05) is 13.2 Å². The van der Waals surface area contributed by atoms with Gasteiger partial charge in [0.25, 0.3) is 0 Å². The molecule has 0 aromatic carbocycles. The summed E-state index contributed by atoms with van der Waals surface area (Å²) in [5, 5.41) is 0. The first-order chi connectivity index (χ1) is 30.0. The predicted molar refractivity (Wildman–Crippen MR) is 261 cm³/mol. The molecule has 0 aromatic rings. The molecule has 0 aliphatic rings. The number of allylic oxidation sites excluding steroid dienone is 8. The van der Waals surface area contributed by atoms with Gasteiger partial charge < -0.3 is 14.2 Å². The Bertz CT molecular complexity index is 1070. The Labute approximate surface area is 378 Å². The Kier molecular flexibility index (Phi) is 47.9. The summed E-state index contributed by atoms with van der Waals surface area (Å²) in [5.41, 5.74) is 0. The Morgan fingerprint density at radius 2 is 0.607 bits per heavy atom. The van der Waals surface area contributed by atoms with Crippen LogP contribution >= 0.6 is 0 Å². The minimum atomic E-state index is -0.789. The van der Waals surface area contributed by atoms with Crippen molar-refractivity contribution >= 4 is 17.9 Å². The van der Waals surface area contributed by atoms with Gasteiger partial charge in [0, 0.05) is 19.3 Å². The summed E-state index contributed by atoms with van der Waals surface area (Å²) in [7, 11) is 0. The van der Waals surface area contributed by atoms with Gasteiger partial charge in [0.15, 0.2) is 6.10 Å². The first-order valence-corrected chi connectivity index (χ1v) is 26.1. The lowest BCUT2D eigenvalue weighted by Gasteiger charge is -2.18. The summed E-state index contributed by atoms with van der Waals surface area (Å²) in [4.78, 5) is 37.9. The molecule has 0 rings (SSSR count). The average molecular weight is 855 g/mol. The van der Waals surface area contributed by atoms with Crippen LogP contribution in [0.25, 0.3) is 0 Å². The number of ether oxygens (including phenoxy) is 3. The zero-order valence-corrected chi connectivity index (χ0v) is 40.4. The van der Waals surface area contributed by atoms with Gasteiger partial charge in [0.05, 0.1) is 0 Å². The maximum atomic E-state index is 12.8. The van der Waals surface area contributed by atoms with Crippen LogP contribution in [0.1, 0.15) is 265 Å². The molecule has 6 nitrogen and oxygen atoms in total. The topological polar surface area (TPSA) is 78.9 Å². The molecule has 0 N–H and O–H groups in total. The van der Waals surface area contributed by atoms with E-state index in [-0.39, 0.29) is 37.5 Å². The van der Waals surface area contributed by atoms with E-state index in [1.807, 2.05) is 0 Å². The Hall–Kier alpha value is -2.63. The molecule has 6 heteroatoms. The van der Waals surface area contributed by atoms with E-state index in [9.17, 15) is 14.4 Å². The second-order valence-electron chi connectivity index (χ2n) is 17.4. The fourth-order valence-electron chi connectivity index (χ4n) is 7.38. The summed E-state index contributed by atoms with van der Waals surface area (Å²) < 4.78 is 16.8. The van der Waals surface area contributed by atoms with Crippen molar-refractivity contribution in [1.29, 1.82) is 0 Å². The SMILES string of the molecule is CCCCC/C=C\C/C=C\C/C=C\C/C=C\CCCC(=O)OC[C@@H](COC(=O)CCCCCCCCCCCCCC)OC(=O)CCCCCCCCCCCCCCCC. The first kappa shape index (κ1) is 58.4. The minimum absolute atomic E-state index is 0.0862. The Morgan fingerprint density at radius 1 is 0.328 bits per heavy atom. The second kappa shape index (κ2) is 50.0. The molecule has 1 atom stereocenters. The molecule has 0 unspecified atom stereocenters. The first-order valence-electron chi connectivity index (χ1n) is 26.1. The van der Waals surface area contributed by atoms with Gasteiger partial charge in [-0.3, -0.25) is 14.4 Å². The molecule has 0 radical (unpaired) electrons. The number of unbranched alkanes of at least 4 members (excludes halogenated alkanes) is 28. The molecule has 0 aliphatic heterocycles. The van der Waals surface area contributed by atoms with E-state index in [1.165, 1.54) is 154 Å². The highest BCUT2D eigenvalue weighted by atomic mass is 16.6. The fraction of sp³-hybridized carbons (Fsp3) is 0.800. The van der Waals surface area contributed by atoms with E-state index in [0.29, 0.717) is 19.3 Å². The van der Waals surface area contributed by atoms with Crippen LogP contribution in [-0.2, 0) is 28.6 Å². The van der Waals surface area contributed by atoms with Gasteiger partial charge in [-0.1, -0.05) is 236 Å². The third kappa shape index (κ3) is 48.3. The largest absolute Gasteiger partial charge is 0.462 e. The number of esters is 3. The molecule has 0 bridgehead atoms. The standard InChI is InChI=1S/C55H98O6/c1-4-7-10-13-16-19-22-25-27-28-29-31-33-36-39-42-45-48-54(57)60-51-52(50-59-53(56)47-44-41-38-35-32-24-21-18-15-12-9-6-3)61-55(58)49-46-43-40-37-34-30-26-23-20-17-14-11-8-5-2/h16,19,25,27,29,31,36,39,52H,4-15,17-18,20-24,26,28,30,32-35,37-38,40-51H2,1-3H3/b19-16-,27-25-,31-29-,39-36-/t52-/m1/s1. The molecule has 0 aliphatic carbocycles. The van der Waals surface area contributed by atoms with Crippen LogP contribution in [0.2, 0.25) is 0 Å². The number of carbonyl (C=O) groups is 3. The third-order valence-corrected chi connectivity index (χ3v) is 11.3. The Balaban J connectivity index is 4.43. The van der Waals surface area contributed by atoms with Gasteiger partial charge in [-0.2, -0.15) is 0 Å². The molecule has 0 saturated heterocycles. The molecule has 0 fully saturated rings. The van der Waals surface area contributed by atoms with Gasteiger partial charge >= 0.3 is 17.9 Å². The maximum absolute atomic E-state index is 12.8. The highest BCUT2D eigenvalue weighted by molar-refractivity contribution is 5.71. The fourth-order valence-corrected chi connectivity index (χ4v) is 7.38. The van der Waals surface area contributed by atoms with Crippen LogP contribution < -0.4 is 0 Å². The molecule has 354 valence electrons. The van der Waals surface area contributed by atoms with E-state index in [2.05, 4.69) is 69.4 Å². The predicted octanol–water partition coefficient (Wildman–Crippen LogP) is 17.1. The van der Waals surface area contributed by atoms with Crippen LogP contribution in [0.15, 0.2) is 48.6 Å². The van der Waals surface area contributed by atoms with Crippen LogP contribution in [0.4, 0.5) is 0 Å². The zero-order valence-electron chi connectivity index (χ0n) is 40.4. The average Bonchev–Trinajstić information content (AvgIpc) is 3.26. The molecular weight excluding hydrogens is 757 g/mol. The van der Waals surface area contributed by atoms with Crippen molar-refractivity contribution in [3.63, 3.8) is 0 Å². The van der Waals surface area contributed by atoms with Crippen molar-refractivity contribution in [3.05, 3.63) is 48.6 Å². The van der Waals surface area contributed by atoms with Crippen LogP contribution in [-0.4, -0.2) is 37.2 Å². The van der Waals surface area contributed by atoms with Crippen molar-refractivity contribution in [1.82, 2.24) is 0 Å². The maximum Gasteiger partial charge on any atom is 0.306 e. The van der Waals surface area contributed by atoms with Crippen LogP contribution in [0.3, 0.4) is 0 Å². The van der Waals surface area contributed by atoms with Gasteiger partial charge in [-0.25, -0.2) is 0 Å². The monoisotopic (exact) mass is 855 g/mol. The summed E-state index contributed by atoms with van der Waals surface area (Å²) >= 11 is 0. The number of carbonyl (C=O) groups excluding carboxylic acids is 3. The smallest absolute Gasteiger partial charge is 0.306 e. The number of rotatable bonds is 47. The summed E-state index contributed by atoms with van der Waals surface area (Å²) in [5.74, 6) is -0.935. The molecular formula is C55H98O6. The Morgan fingerprint density at radius 3 is 0.984 bits per heavy atom. The highest BCUT2D eigenvalue weighted by Crippen LogP contribution is 2.15. The van der Waals surface area contributed by atoms with Crippen molar-refractivity contribution in [3.8, 4) is 0 Å². The van der Waals surface area contributed by atoms with Crippen molar-refractivity contribution in [2.45, 2.75) is 271 Å². The lowest BCUT2D eigenvalue weighted by molar-refractivity contribution is -0.167. The van der Waals surface area contributed by atoms with E-state index >= 15 is 0 Å². The van der Waals surface area contributed by atoms with E-state index in [4.69, 9.17) is 14.2 Å². The lowest BCUT2D eigenvalue weighted by atomic mass is 10.0. The normalized spacial score (nSPS) is 12.4. The molecule has 0 heterocycles. The van der Waals surface area contributed by atoms with Gasteiger partial charge in [0.1, 0.15) is 13.2 Å². The molecule has 0 saturated carbocycles. The zero-order chi connectivity index (χ0) is 44.4. The molecule has 61 heavy (non-hydrogen) atoms. The van der Waals surface area contributed by atoms with E-state index in [0.717, 1.165) is 64.2 Å². The van der Waals surface area contributed by atoms with Crippen LogP contribution in [0.5, 0.6) is 0 Å². The van der Waals surface area contributed by atoms with E-state index in [1.54, 1.807) is 0 Å². The lowest BCUT2D eigenvalue weighted by Crippen LogP contribution is -2.30. The number of hydrogen-bond acceptors (Lipinski definition) is 6. The summed E-state index contributed by atoms with van der Waals surface area (Å²) in [6.07, 6.45) is 59.5.